The van der Waals surface area contributed by atoms with E-state index in [0.29, 0.717) is 11.3 Å². The summed E-state index contributed by atoms with van der Waals surface area (Å²) in [5.74, 6) is -6.32. The third-order valence-electron chi connectivity index (χ3n) is 7.30. The second-order valence-electron chi connectivity index (χ2n) is 11.1. The maximum atomic E-state index is 13.7. The van der Waals surface area contributed by atoms with E-state index in [2.05, 4.69) is 10.6 Å². The number of fused-ring (bicyclic) bond motifs is 1. The van der Waals surface area contributed by atoms with Crippen molar-refractivity contribution < 1.29 is 71.2 Å². The molecule has 0 saturated carbocycles. The van der Waals surface area contributed by atoms with Gasteiger partial charge in [-0.05, 0) is 48.6 Å². The van der Waals surface area contributed by atoms with Gasteiger partial charge in [0.15, 0.2) is 0 Å². The number of imide groups is 1. The number of hydroxylamine groups is 1. The van der Waals surface area contributed by atoms with Crippen molar-refractivity contribution in [2.24, 2.45) is 17.8 Å². The molecule has 0 radical (unpaired) electrons. The number of benzene rings is 2. The van der Waals surface area contributed by atoms with E-state index in [1.807, 2.05) is 0 Å². The van der Waals surface area contributed by atoms with Gasteiger partial charge >= 0.3 is 29.6 Å². The minimum absolute atomic E-state index is 0. The first-order valence-corrected chi connectivity index (χ1v) is 15.9. The summed E-state index contributed by atoms with van der Waals surface area (Å²) in [5, 5.41) is 16.8. The average Bonchev–Trinajstić information content (AvgIpc) is 3.24. The smallest absolute Gasteiger partial charge is 0.759 e. The van der Waals surface area contributed by atoms with E-state index in [0.717, 1.165) is 4.90 Å². The fourth-order valence-corrected chi connectivity index (χ4v) is 5.57. The maximum absolute atomic E-state index is 13.7. The average molecular weight is 669 g/mol. The zero-order chi connectivity index (χ0) is 33.3. The van der Waals surface area contributed by atoms with E-state index in [1.165, 1.54) is 24.7 Å². The maximum Gasteiger partial charge on any atom is 1.00 e. The zero-order valence-electron chi connectivity index (χ0n) is 26.1. The van der Waals surface area contributed by atoms with Crippen LogP contribution in [0.25, 0.3) is 0 Å². The molecule has 0 aliphatic carbocycles. The van der Waals surface area contributed by atoms with Crippen LogP contribution in [0.4, 0.5) is 0 Å². The number of ether oxygens (including phenoxy) is 1. The second kappa shape index (κ2) is 17.5. The monoisotopic (exact) mass is 668 g/mol. The molecule has 244 valence electrons. The van der Waals surface area contributed by atoms with E-state index < -0.39 is 69.8 Å². The largest absolute Gasteiger partial charge is 1.00 e. The number of nitrogens with one attached hydrogen (secondary N) is 3. The van der Waals surface area contributed by atoms with Crippen molar-refractivity contribution >= 4 is 39.7 Å². The van der Waals surface area contributed by atoms with Gasteiger partial charge in [-0.2, -0.15) is 8.42 Å². The van der Waals surface area contributed by atoms with Gasteiger partial charge in [0, 0.05) is 20.0 Å². The molecule has 0 aromatic heterocycles. The Bertz CT molecular complexity index is 1480. The van der Waals surface area contributed by atoms with E-state index in [1.54, 1.807) is 50.2 Å². The summed E-state index contributed by atoms with van der Waals surface area (Å²) in [6.45, 7) is 3.14. The van der Waals surface area contributed by atoms with Gasteiger partial charge in [-0.25, -0.2) is 0 Å². The zero-order valence-corrected chi connectivity index (χ0v) is 29.0. The van der Waals surface area contributed by atoms with Crippen molar-refractivity contribution in [3.8, 4) is 5.75 Å². The molecule has 2 aromatic rings. The van der Waals surface area contributed by atoms with E-state index in [-0.39, 0.29) is 72.5 Å². The fourth-order valence-electron chi connectivity index (χ4n) is 5.08. The number of likely N-dealkylation sites (N-methyl/N-ethyl adjacent to an activating group) is 1. The first kappa shape index (κ1) is 38.8. The molecule has 4 N–H and O–H groups in total. The van der Waals surface area contributed by atoms with Gasteiger partial charge in [0.1, 0.15) is 11.8 Å². The molecule has 1 aliphatic rings. The number of rotatable bonds is 16. The van der Waals surface area contributed by atoms with Crippen LogP contribution in [0.15, 0.2) is 48.5 Å². The SMILES string of the molecule is CNC(=O)[C@H](Cc1ccc(OCCCS(=O)(=O)O)cc1)NC(=O)[C@H](CC(C)C)[C@H](CN1C(=O)c2ccccc2C1=O)C(=O)N[O-].[Na+]. The molecule has 0 spiro atoms. The summed E-state index contributed by atoms with van der Waals surface area (Å²) >= 11 is 0. The van der Waals surface area contributed by atoms with Gasteiger partial charge in [-0.1, -0.05) is 38.1 Å². The summed E-state index contributed by atoms with van der Waals surface area (Å²) < 4.78 is 36.0. The van der Waals surface area contributed by atoms with Crippen LogP contribution in [-0.2, 0) is 30.9 Å². The third kappa shape index (κ3) is 10.6. The van der Waals surface area contributed by atoms with Crippen molar-refractivity contribution in [3.05, 3.63) is 70.4 Å². The number of nitrogens with zero attached hydrogens (tertiary/aromatic N) is 1. The number of hydrogen-bond acceptors (Lipinski definition) is 9. The molecule has 3 atom stereocenters. The van der Waals surface area contributed by atoms with Gasteiger partial charge < -0.3 is 26.1 Å². The van der Waals surface area contributed by atoms with E-state index in [4.69, 9.17) is 9.29 Å². The third-order valence-corrected chi connectivity index (χ3v) is 8.11. The minimum Gasteiger partial charge on any atom is -0.759 e. The van der Waals surface area contributed by atoms with Crippen LogP contribution >= 0.6 is 0 Å². The van der Waals surface area contributed by atoms with Gasteiger partial charge in [0.25, 0.3) is 21.9 Å². The Morgan fingerprint density at radius 2 is 1.52 bits per heavy atom. The van der Waals surface area contributed by atoms with Crippen LogP contribution in [0.3, 0.4) is 0 Å². The first-order chi connectivity index (χ1) is 21.2. The number of carbonyl (C=O) groups is 5. The molecule has 0 saturated heterocycles. The molecule has 0 fully saturated rings. The minimum atomic E-state index is -4.09. The molecule has 16 heteroatoms. The molecule has 14 nitrogen and oxygen atoms in total. The van der Waals surface area contributed by atoms with Gasteiger partial charge in [-0.3, -0.25) is 33.4 Å². The van der Waals surface area contributed by atoms with Gasteiger partial charge in [0.05, 0.1) is 35.3 Å². The van der Waals surface area contributed by atoms with E-state index >= 15 is 0 Å². The molecular weight excluding hydrogens is 631 g/mol. The summed E-state index contributed by atoms with van der Waals surface area (Å²) in [4.78, 5) is 66.3. The molecule has 5 amide bonds. The summed E-state index contributed by atoms with van der Waals surface area (Å²) in [7, 11) is -2.69. The quantitative estimate of drug-likeness (QED) is 0.0524. The van der Waals surface area contributed by atoms with E-state index in [9.17, 15) is 37.6 Å². The number of amides is 5. The number of hydrogen-bond donors (Lipinski definition) is 4. The molecule has 0 bridgehead atoms. The predicted molar refractivity (Wildman–Crippen MR) is 162 cm³/mol. The normalized spacial score (nSPS) is 14.5. The number of carbonyl (C=O) groups excluding carboxylic acids is 5. The van der Waals surface area contributed by atoms with Crippen LogP contribution in [-0.4, -0.2) is 79.4 Å². The van der Waals surface area contributed by atoms with Gasteiger partial charge in [-0.15, -0.1) is 0 Å². The van der Waals surface area contributed by atoms with Crippen LogP contribution < -0.4 is 50.4 Å². The van der Waals surface area contributed by atoms with Crippen LogP contribution in [0.2, 0.25) is 0 Å². The summed E-state index contributed by atoms with van der Waals surface area (Å²) in [5.41, 5.74) is 2.25. The molecular formula is C30H37N4NaO10S. The molecule has 1 heterocycles. The topological polar surface area (TPSA) is 211 Å². The summed E-state index contributed by atoms with van der Waals surface area (Å²) in [6.07, 6.45) is 0.234. The van der Waals surface area contributed by atoms with Gasteiger partial charge in [0.2, 0.25) is 17.7 Å². The Hall–Kier alpha value is -3.34. The first-order valence-electron chi connectivity index (χ1n) is 14.3. The standard InChI is InChI=1S/C30H37N4O10S.Na/c1-18(2)15-23(24(27(36)33-40)17-34-29(38)21-7-4-5-8-22(21)30(34)39)26(35)32-25(28(37)31-3)16-19-9-11-20(12-10-19)44-13-6-14-45(41,42)43;/h4-5,7-12,18,23-25H,6,13-17H2,1-3H3,(H4-,31,32,33,35,36,37,38,39,40,41,42,43);/q-1;+1/t23-,24+,25+;/m1./s1. The van der Waals surface area contributed by atoms with Crippen LogP contribution in [0.5, 0.6) is 5.75 Å². The van der Waals surface area contributed by atoms with Crippen molar-refractivity contribution in [1.82, 2.24) is 21.0 Å². The molecule has 3 rings (SSSR count). The Morgan fingerprint density at radius 3 is 2.02 bits per heavy atom. The molecule has 46 heavy (non-hydrogen) atoms. The summed E-state index contributed by atoms with van der Waals surface area (Å²) in [6, 6.07) is 11.6. The Labute approximate surface area is 289 Å². The molecule has 2 aromatic carbocycles. The van der Waals surface area contributed by atoms with Crippen molar-refractivity contribution in [1.29, 1.82) is 0 Å². The Balaban J connectivity index is 0.00000736. The fraction of sp³-hybridized carbons (Fsp3) is 0.433. The second-order valence-corrected chi connectivity index (χ2v) is 12.7. The molecule has 0 unspecified atom stereocenters. The Kier molecular flexibility index (Phi) is 14.8. The predicted octanol–water partition coefficient (Wildman–Crippen LogP) is -1.69. The van der Waals surface area contributed by atoms with Crippen LogP contribution in [0, 0.1) is 23.0 Å². The van der Waals surface area contributed by atoms with Crippen molar-refractivity contribution in [3.63, 3.8) is 0 Å². The van der Waals surface area contributed by atoms with Crippen molar-refractivity contribution in [2.75, 3.05) is 26.0 Å². The molecule has 1 aliphatic heterocycles. The van der Waals surface area contributed by atoms with Crippen LogP contribution in [0.1, 0.15) is 53.0 Å². The van der Waals surface area contributed by atoms with Crippen molar-refractivity contribution in [2.45, 2.75) is 39.2 Å². The Morgan fingerprint density at radius 1 is 0.935 bits per heavy atom.